The summed E-state index contributed by atoms with van der Waals surface area (Å²) in [5.41, 5.74) is 7.13. The summed E-state index contributed by atoms with van der Waals surface area (Å²) in [5, 5.41) is 4.39. The average molecular weight is 374 g/mol. The fourth-order valence-electron chi connectivity index (χ4n) is 3.35. The van der Waals surface area contributed by atoms with Gasteiger partial charge in [-0.2, -0.15) is 5.10 Å². The van der Waals surface area contributed by atoms with Gasteiger partial charge in [0, 0.05) is 6.04 Å². The molecule has 8 heteroatoms. The van der Waals surface area contributed by atoms with Crippen LogP contribution in [0.5, 0.6) is 0 Å². The fourth-order valence-corrected chi connectivity index (χ4v) is 5.04. The van der Waals surface area contributed by atoms with Crippen molar-refractivity contribution in [2.24, 2.45) is 11.7 Å². The molecule has 0 spiro atoms. The Bertz CT molecular complexity index is 948. The van der Waals surface area contributed by atoms with Gasteiger partial charge in [0.05, 0.1) is 23.0 Å². The minimum Gasteiger partial charge on any atom is -0.369 e. The Balaban J connectivity index is 1.96. The topological polar surface area (TPSA) is 107 Å². The highest BCUT2D eigenvalue weighted by atomic mass is 32.2. The molecule has 138 valence electrons. The van der Waals surface area contributed by atoms with Crippen molar-refractivity contribution in [2.75, 3.05) is 0 Å². The van der Waals surface area contributed by atoms with Gasteiger partial charge in [0.25, 0.3) is 0 Å². The Morgan fingerprint density at radius 1 is 1.19 bits per heavy atom. The smallest absolute Gasteiger partial charge is 0.244 e. The summed E-state index contributed by atoms with van der Waals surface area (Å²) in [5.74, 6) is -1.06. The van der Waals surface area contributed by atoms with Crippen molar-refractivity contribution in [3.05, 3.63) is 53.9 Å². The number of sulfonamides is 1. The number of hydrogen-bond acceptors (Lipinski definition) is 4. The van der Waals surface area contributed by atoms with E-state index < -0.39 is 27.9 Å². The van der Waals surface area contributed by atoms with Gasteiger partial charge in [0.2, 0.25) is 15.9 Å². The number of nitrogens with one attached hydrogen (secondary N) is 1. The molecule has 0 unspecified atom stereocenters. The van der Waals surface area contributed by atoms with Crippen molar-refractivity contribution < 1.29 is 13.2 Å². The largest absolute Gasteiger partial charge is 0.369 e. The predicted molar refractivity (Wildman–Crippen MR) is 98.2 cm³/mol. The fraction of sp³-hybridized carbons (Fsp3) is 0.333. The summed E-state index contributed by atoms with van der Waals surface area (Å²) in [7, 11) is -3.85. The predicted octanol–water partition coefficient (Wildman–Crippen LogP) is 1.59. The number of carbonyl (C=O) groups is 1. The van der Waals surface area contributed by atoms with Crippen molar-refractivity contribution >= 4 is 15.9 Å². The first-order chi connectivity index (χ1) is 12.3. The van der Waals surface area contributed by atoms with E-state index in [2.05, 4.69) is 9.82 Å². The third-order valence-electron chi connectivity index (χ3n) is 4.60. The normalized spacial score (nSPS) is 20.2. The molecule has 1 amide bonds. The molecule has 1 aromatic carbocycles. The lowest BCUT2D eigenvalue weighted by Gasteiger charge is -2.26. The minimum atomic E-state index is -3.85. The second kappa shape index (κ2) is 7.05. The van der Waals surface area contributed by atoms with Gasteiger partial charge in [-0.1, -0.05) is 30.4 Å². The van der Waals surface area contributed by atoms with Gasteiger partial charge in [-0.3, -0.25) is 4.79 Å². The lowest BCUT2D eigenvalue weighted by molar-refractivity contribution is -0.122. The van der Waals surface area contributed by atoms with Gasteiger partial charge in [-0.05, 0) is 38.8 Å². The average Bonchev–Trinajstić information content (AvgIpc) is 2.90. The van der Waals surface area contributed by atoms with Crippen LogP contribution in [0, 0.1) is 19.8 Å². The van der Waals surface area contributed by atoms with Crippen LogP contribution in [0.25, 0.3) is 5.69 Å². The molecule has 2 atom stereocenters. The number of nitrogens with two attached hydrogens (primary N) is 1. The Morgan fingerprint density at radius 2 is 1.85 bits per heavy atom. The SMILES string of the molecule is Cc1nn(-c2ccccc2)c(C)c1S(=O)(=O)N[C@@H]1CC=CC[C@H]1C(N)=O. The van der Waals surface area contributed by atoms with Gasteiger partial charge >= 0.3 is 0 Å². The van der Waals surface area contributed by atoms with E-state index in [4.69, 9.17) is 5.73 Å². The molecule has 0 saturated heterocycles. The monoisotopic (exact) mass is 374 g/mol. The highest BCUT2D eigenvalue weighted by Crippen LogP contribution is 2.25. The summed E-state index contributed by atoms with van der Waals surface area (Å²) in [6, 6.07) is 8.78. The summed E-state index contributed by atoms with van der Waals surface area (Å²) in [6.45, 7) is 3.38. The number of amides is 1. The molecule has 1 aliphatic rings. The first kappa shape index (κ1) is 18.3. The number of para-hydroxylation sites is 1. The van der Waals surface area contributed by atoms with Crippen LogP contribution in [0.3, 0.4) is 0 Å². The highest BCUT2D eigenvalue weighted by molar-refractivity contribution is 7.89. The molecule has 0 radical (unpaired) electrons. The van der Waals surface area contributed by atoms with Crippen LogP contribution >= 0.6 is 0 Å². The van der Waals surface area contributed by atoms with Gasteiger partial charge in [-0.25, -0.2) is 17.8 Å². The van der Waals surface area contributed by atoms with Gasteiger partial charge < -0.3 is 5.73 Å². The van der Waals surface area contributed by atoms with Gasteiger partial charge in [0.15, 0.2) is 0 Å². The van der Waals surface area contributed by atoms with E-state index in [0.717, 1.165) is 5.69 Å². The van der Waals surface area contributed by atoms with E-state index in [1.54, 1.807) is 18.5 Å². The molecule has 0 saturated carbocycles. The molecular formula is C18H22N4O3S. The lowest BCUT2D eigenvalue weighted by Crippen LogP contribution is -2.46. The Hall–Kier alpha value is -2.45. The van der Waals surface area contributed by atoms with Crippen LogP contribution in [-0.4, -0.2) is 30.1 Å². The number of aromatic nitrogens is 2. The maximum absolute atomic E-state index is 13.0. The molecule has 3 N–H and O–H groups in total. The van der Waals surface area contributed by atoms with E-state index in [0.29, 0.717) is 24.2 Å². The van der Waals surface area contributed by atoms with E-state index in [9.17, 15) is 13.2 Å². The zero-order valence-corrected chi connectivity index (χ0v) is 15.5. The molecule has 1 aliphatic carbocycles. The van der Waals surface area contributed by atoms with Crippen LogP contribution in [0.2, 0.25) is 0 Å². The minimum absolute atomic E-state index is 0.138. The van der Waals surface area contributed by atoms with Gasteiger partial charge in [0.1, 0.15) is 4.90 Å². The molecule has 1 heterocycles. The number of hydrogen-bond donors (Lipinski definition) is 2. The molecular weight excluding hydrogens is 352 g/mol. The number of rotatable bonds is 5. The lowest BCUT2D eigenvalue weighted by atomic mass is 9.89. The zero-order chi connectivity index (χ0) is 18.9. The molecule has 1 aromatic heterocycles. The molecule has 0 fully saturated rings. The first-order valence-corrected chi connectivity index (χ1v) is 9.88. The number of nitrogens with zero attached hydrogens (tertiary/aromatic N) is 2. The number of primary amides is 1. The van der Waals surface area contributed by atoms with Crippen molar-refractivity contribution in [3.8, 4) is 5.69 Å². The Kier molecular flexibility index (Phi) is 4.97. The van der Waals surface area contributed by atoms with Crippen LogP contribution < -0.4 is 10.5 Å². The summed E-state index contributed by atoms with van der Waals surface area (Å²) < 4.78 is 30.3. The molecule has 3 rings (SSSR count). The van der Waals surface area contributed by atoms with E-state index in [-0.39, 0.29) is 4.90 Å². The number of aryl methyl sites for hydroxylation is 1. The summed E-state index contributed by atoms with van der Waals surface area (Å²) in [4.78, 5) is 11.8. The van der Waals surface area contributed by atoms with Crippen molar-refractivity contribution in [1.29, 1.82) is 0 Å². The quantitative estimate of drug-likeness (QED) is 0.775. The maximum atomic E-state index is 13.0. The standard InChI is InChI=1S/C18H22N4O3S/c1-12-17(13(2)22(20-12)14-8-4-3-5-9-14)26(24,25)21-16-11-7-6-10-15(16)18(19)23/h3-9,15-16,21H,10-11H2,1-2H3,(H2,19,23)/t15-,16-/m1/s1. The molecule has 7 nitrogen and oxygen atoms in total. The molecule has 0 aliphatic heterocycles. The zero-order valence-electron chi connectivity index (χ0n) is 14.7. The first-order valence-electron chi connectivity index (χ1n) is 8.39. The van der Waals surface area contributed by atoms with Crippen LogP contribution in [0.1, 0.15) is 24.2 Å². The molecule has 26 heavy (non-hydrogen) atoms. The third-order valence-corrected chi connectivity index (χ3v) is 6.34. The Morgan fingerprint density at radius 3 is 2.50 bits per heavy atom. The number of carbonyl (C=O) groups excluding carboxylic acids is 1. The summed E-state index contributed by atoms with van der Waals surface area (Å²) >= 11 is 0. The number of allylic oxidation sites excluding steroid dienone is 1. The van der Waals surface area contributed by atoms with Gasteiger partial charge in [-0.15, -0.1) is 0 Å². The van der Waals surface area contributed by atoms with Crippen molar-refractivity contribution in [3.63, 3.8) is 0 Å². The van der Waals surface area contributed by atoms with Crippen LogP contribution in [0.4, 0.5) is 0 Å². The second-order valence-corrected chi connectivity index (χ2v) is 8.08. The number of benzene rings is 1. The third kappa shape index (κ3) is 3.42. The van der Waals surface area contributed by atoms with Crippen LogP contribution in [0.15, 0.2) is 47.4 Å². The molecule has 2 aromatic rings. The second-order valence-electron chi connectivity index (χ2n) is 6.43. The maximum Gasteiger partial charge on any atom is 0.244 e. The van der Waals surface area contributed by atoms with E-state index >= 15 is 0 Å². The van der Waals surface area contributed by atoms with Crippen molar-refractivity contribution in [1.82, 2.24) is 14.5 Å². The molecule has 0 bridgehead atoms. The van der Waals surface area contributed by atoms with E-state index in [1.807, 2.05) is 42.5 Å². The van der Waals surface area contributed by atoms with Crippen molar-refractivity contribution in [2.45, 2.75) is 37.6 Å². The van der Waals surface area contributed by atoms with Crippen LogP contribution in [-0.2, 0) is 14.8 Å². The highest BCUT2D eigenvalue weighted by Gasteiger charge is 2.33. The summed E-state index contributed by atoms with van der Waals surface area (Å²) in [6.07, 6.45) is 4.57. The Labute approximate surface area is 152 Å². The van der Waals surface area contributed by atoms with E-state index in [1.165, 1.54) is 0 Å².